The highest BCUT2D eigenvalue weighted by atomic mass is 32.1. The van der Waals surface area contributed by atoms with Crippen molar-refractivity contribution in [2.45, 2.75) is 45.2 Å². The number of nitrogens with zero attached hydrogens (tertiary/aromatic N) is 1. The van der Waals surface area contributed by atoms with Crippen molar-refractivity contribution in [1.29, 1.82) is 0 Å². The van der Waals surface area contributed by atoms with Crippen molar-refractivity contribution in [2.24, 2.45) is 0 Å². The first-order valence-corrected chi connectivity index (χ1v) is 12.1. The number of hydrogen-bond donors (Lipinski definition) is 2. The Morgan fingerprint density at radius 3 is 2.50 bits per heavy atom. The van der Waals surface area contributed by atoms with Crippen molar-refractivity contribution in [3.8, 4) is 10.6 Å². The Morgan fingerprint density at radius 2 is 1.78 bits per heavy atom. The zero-order valence-electron chi connectivity index (χ0n) is 18.4. The van der Waals surface area contributed by atoms with Gasteiger partial charge in [0.15, 0.2) is 0 Å². The summed E-state index contributed by atoms with van der Waals surface area (Å²) in [5, 5.41) is 8.54. The van der Waals surface area contributed by atoms with Crippen LogP contribution >= 0.6 is 22.7 Å². The maximum absolute atomic E-state index is 13.3. The van der Waals surface area contributed by atoms with Gasteiger partial charge in [0, 0.05) is 27.1 Å². The Bertz CT molecular complexity index is 1300. The second-order valence-corrected chi connectivity index (χ2v) is 11.4. The molecule has 7 heteroatoms. The lowest BCUT2D eigenvalue weighted by Gasteiger charge is -2.42. The molecule has 0 spiro atoms. The van der Waals surface area contributed by atoms with Crippen LogP contribution in [0.5, 0.6) is 0 Å². The summed E-state index contributed by atoms with van der Waals surface area (Å²) < 4.78 is 14.4. The van der Waals surface area contributed by atoms with Crippen molar-refractivity contribution in [1.82, 2.24) is 10.3 Å². The average Bonchev–Trinajstić information content (AvgIpc) is 3.28. The number of thiazole rings is 1. The molecule has 0 fully saturated rings. The van der Waals surface area contributed by atoms with Crippen LogP contribution in [0.1, 0.15) is 48.5 Å². The molecule has 0 unspecified atom stereocenters. The van der Waals surface area contributed by atoms with E-state index in [0.717, 1.165) is 32.2 Å². The van der Waals surface area contributed by atoms with E-state index in [9.17, 15) is 9.18 Å². The summed E-state index contributed by atoms with van der Waals surface area (Å²) in [7, 11) is 0. The van der Waals surface area contributed by atoms with Gasteiger partial charge < -0.3 is 10.6 Å². The van der Waals surface area contributed by atoms with Crippen LogP contribution in [-0.4, -0.2) is 16.4 Å². The topological polar surface area (TPSA) is 54.0 Å². The van der Waals surface area contributed by atoms with Gasteiger partial charge in [-0.25, -0.2) is 9.37 Å². The molecule has 1 aliphatic heterocycles. The third-order valence-electron chi connectivity index (χ3n) is 5.69. The average molecular weight is 466 g/mol. The molecule has 32 heavy (non-hydrogen) atoms. The normalized spacial score (nSPS) is 16.7. The number of anilines is 1. The van der Waals surface area contributed by atoms with Gasteiger partial charge in [-0.05, 0) is 76.1 Å². The lowest BCUT2D eigenvalue weighted by atomic mass is 9.81. The molecule has 0 aliphatic carbocycles. The van der Waals surface area contributed by atoms with Gasteiger partial charge >= 0.3 is 0 Å². The minimum Gasteiger partial charge on any atom is -0.313 e. The van der Waals surface area contributed by atoms with Gasteiger partial charge in [0.2, 0.25) is 0 Å². The third-order valence-corrected chi connectivity index (χ3v) is 8.21. The monoisotopic (exact) mass is 465 g/mol. The number of hydrogen-bond acceptors (Lipinski definition) is 5. The Kier molecular flexibility index (Phi) is 4.96. The number of carbonyl (C=O) groups excluding carboxylic acids is 1. The number of aromatic nitrogens is 1. The number of halogens is 1. The number of fused-ring (bicyclic) bond motifs is 2. The largest absolute Gasteiger partial charge is 0.313 e. The van der Waals surface area contributed by atoms with Crippen molar-refractivity contribution in [3.05, 3.63) is 70.4 Å². The highest BCUT2D eigenvalue weighted by molar-refractivity contribution is 7.23. The molecule has 3 heterocycles. The number of benzene rings is 2. The van der Waals surface area contributed by atoms with Gasteiger partial charge in [-0.1, -0.05) is 12.1 Å². The van der Waals surface area contributed by atoms with Crippen LogP contribution in [0.15, 0.2) is 48.5 Å². The molecule has 0 saturated carbocycles. The Balaban J connectivity index is 1.67. The summed E-state index contributed by atoms with van der Waals surface area (Å²) in [6.07, 6.45) is 0.833. The molecule has 2 aromatic heterocycles. The minimum atomic E-state index is -0.363. The maximum Gasteiger partial charge on any atom is 0.256 e. The van der Waals surface area contributed by atoms with Crippen molar-refractivity contribution < 1.29 is 9.18 Å². The fourth-order valence-corrected chi connectivity index (χ4v) is 6.98. The van der Waals surface area contributed by atoms with E-state index >= 15 is 0 Å². The Hall–Kier alpha value is -2.61. The predicted octanol–water partition coefficient (Wildman–Crippen LogP) is 6.58. The molecule has 0 radical (unpaired) electrons. The summed E-state index contributed by atoms with van der Waals surface area (Å²) in [6.45, 7) is 8.76. The van der Waals surface area contributed by atoms with E-state index in [-0.39, 0.29) is 22.8 Å². The van der Waals surface area contributed by atoms with Crippen LogP contribution in [0.4, 0.5) is 9.39 Å². The number of rotatable bonds is 3. The van der Waals surface area contributed by atoms with E-state index in [1.54, 1.807) is 22.7 Å². The number of carbonyl (C=O) groups is 1. The number of thiophene rings is 1. The van der Waals surface area contributed by atoms with Gasteiger partial charge in [-0.2, -0.15) is 0 Å². The van der Waals surface area contributed by atoms with Crippen LogP contribution in [-0.2, 0) is 12.0 Å². The van der Waals surface area contributed by atoms with Crippen LogP contribution in [0.3, 0.4) is 0 Å². The van der Waals surface area contributed by atoms with E-state index in [1.807, 2.05) is 18.2 Å². The molecule has 5 rings (SSSR count). The SMILES string of the molecule is CC1(C)Cc2c(sc(NC(=O)c3ccc(F)cc3)c2-c2nc3ccccc3s2)C(C)(C)N1. The molecule has 164 valence electrons. The van der Waals surface area contributed by atoms with Crippen molar-refractivity contribution in [3.63, 3.8) is 0 Å². The van der Waals surface area contributed by atoms with Crippen LogP contribution in [0, 0.1) is 5.82 Å². The summed E-state index contributed by atoms with van der Waals surface area (Å²) in [5.74, 6) is -0.616. The van der Waals surface area contributed by atoms with Gasteiger partial charge in [0.05, 0.1) is 10.2 Å². The predicted molar refractivity (Wildman–Crippen MR) is 131 cm³/mol. The molecular weight excluding hydrogens is 441 g/mol. The van der Waals surface area contributed by atoms with E-state index in [2.05, 4.69) is 44.4 Å². The first-order valence-electron chi connectivity index (χ1n) is 10.5. The molecule has 4 aromatic rings. The van der Waals surface area contributed by atoms with Crippen molar-refractivity contribution in [2.75, 3.05) is 5.32 Å². The molecular formula is C25H24FN3OS2. The maximum atomic E-state index is 13.3. The molecule has 0 saturated heterocycles. The van der Waals surface area contributed by atoms with E-state index < -0.39 is 0 Å². The molecule has 2 N–H and O–H groups in total. The fourth-order valence-electron chi connectivity index (χ4n) is 4.60. The van der Waals surface area contributed by atoms with Gasteiger partial charge in [-0.3, -0.25) is 4.79 Å². The Morgan fingerprint density at radius 1 is 1.06 bits per heavy atom. The highest BCUT2D eigenvalue weighted by Crippen LogP contribution is 2.50. The van der Waals surface area contributed by atoms with Crippen LogP contribution < -0.4 is 10.6 Å². The molecule has 4 nitrogen and oxygen atoms in total. The standard InChI is InChI=1S/C25H24FN3OS2/c1-24(2)13-16-19(22-27-17-7-5-6-8-18(17)31-22)23(32-20(16)25(3,4)29-24)28-21(30)14-9-11-15(26)12-10-14/h5-12,29H,13H2,1-4H3,(H,28,30). The first kappa shape index (κ1) is 21.2. The zero-order valence-corrected chi connectivity index (χ0v) is 20.0. The minimum absolute atomic E-state index is 0.0960. The van der Waals surface area contributed by atoms with Crippen LogP contribution in [0.25, 0.3) is 20.8 Å². The van der Waals surface area contributed by atoms with Gasteiger partial charge in [0.1, 0.15) is 15.8 Å². The number of para-hydroxylation sites is 1. The third kappa shape index (κ3) is 3.74. The quantitative estimate of drug-likeness (QED) is 0.359. The molecule has 1 aliphatic rings. The fraction of sp³-hybridized carbons (Fsp3) is 0.280. The summed E-state index contributed by atoms with van der Waals surface area (Å²) >= 11 is 3.24. The summed E-state index contributed by atoms with van der Waals surface area (Å²) in [5.41, 5.74) is 3.27. The highest BCUT2D eigenvalue weighted by Gasteiger charge is 2.41. The second kappa shape index (κ2) is 7.47. The van der Waals surface area contributed by atoms with Gasteiger partial charge in [0.25, 0.3) is 5.91 Å². The summed E-state index contributed by atoms with van der Waals surface area (Å²) in [6, 6.07) is 13.7. The van der Waals surface area contributed by atoms with E-state index in [0.29, 0.717) is 5.56 Å². The number of amides is 1. The van der Waals surface area contributed by atoms with Gasteiger partial charge in [-0.15, -0.1) is 22.7 Å². The van der Waals surface area contributed by atoms with Crippen molar-refractivity contribution >= 4 is 43.8 Å². The molecule has 0 atom stereocenters. The molecule has 0 bridgehead atoms. The van der Waals surface area contributed by atoms with E-state index in [1.165, 1.54) is 34.7 Å². The first-order chi connectivity index (χ1) is 15.1. The lowest BCUT2D eigenvalue weighted by Crippen LogP contribution is -2.54. The molecule has 2 aromatic carbocycles. The van der Waals surface area contributed by atoms with Crippen LogP contribution in [0.2, 0.25) is 0 Å². The Labute approximate surface area is 194 Å². The number of nitrogens with one attached hydrogen (secondary N) is 2. The second-order valence-electron chi connectivity index (χ2n) is 9.37. The zero-order chi connectivity index (χ0) is 22.7. The lowest BCUT2D eigenvalue weighted by molar-refractivity contribution is 0.102. The van der Waals surface area contributed by atoms with E-state index in [4.69, 9.17) is 4.98 Å². The summed E-state index contributed by atoms with van der Waals surface area (Å²) in [4.78, 5) is 19.1. The smallest absolute Gasteiger partial charge is 0.256 e. The molecule has 1 amide bonds.